The topological polar surface area (TPSA) is 46.3 Å². The smallest absolute Gasteiger partial charge is 0.255 e. The monoisotopic (exact) mass is 258 g/mol. The SMILES string of the molecule is NC1CCN(C(=O)c2ccc(Cl)cc2Cl)C1. The zero-order valence-electron chi connectivity index (χ0n) is 8.62. The maximum Gasteiger partial charge on any atom is 0.255 e. The number of likely N-dealkylation sites (tertiary alicyclic amines) is 1. The summed E-state index contributed by atoms with van der Waals surface area (Å²) in [7, 11) is 0. The van der Waals surface area contributed by atoms with Crippen molar-refractivity contribution in [1.29, 1.82) is 0 Å². The molecule has 2 N–H and O–H groups in total. The van der Waals surface area contributed by atoms with E-state index in [9.17, 15) is 4.79 Å². The normalized spacial score (nSPS) is 20.2. The molecular weight excluding hydrogens is 247 g/mol. The first-order valence-corrected chi connectivity index (χ1v) is 5.83. The van der Waals surface area contributed by atoms with Crippen molar-refractivity contribution in [3.63, 3.8) is 0 Å². The Morgan fingerprint density at radius 3 is 2.75 bits per heavy atom. The average Bonchev–Trinajstić information content (AvgIpc) is 2.64. The van der Waals surface area contributed by atoms with Crippen molar-refractivity contribution in [3.8, 4) is 0 Å². The fourth-order valence-electron chi connectivity index (χ4n) is 1.81. The lowest BCUT2D eigenvalue weighted by atomic mass is 10.2. The van der Waals surface area contributed by atoms with Crippen molar-refractivity contribution in [2.24, 2.45) is 5.73 Å². The Labute approximate surface area is 104 Å². The van der Waals surface area contributed by atoms with Gasteiger partial charge in [0, 0.05) is 24.2 Å². The Hall–Kier alpha value is -0.770. The van der Waals surface area contributed by atoms with Gasteiger partial charge in [0.05, 0.1) is 10.6 Å². The summed E-state index contributed by atoms with van der Waals surface area (Å²) in [6.07, 6.45) is 0.844. The zero-order valence-corrected chi connectivity index (χ0v) is 10.1. The van der Waals surface area contributed by atoms with E-state index < -0.39 is 0 Å². The van der Waals surface area contributed by atoms with Gasteiger partial charge < -0.3 is 10.6 Å². The van der Waals surface area contributed by atoms with Gasteiger partial charge in [0.15, 0.2) is 0 Å². The summed E-state index contributed by atoms with van der Waals surface area (Å²) in [6, 6.07) is 4.97. The Morgan fingerprint density at radius 2 is 2.19 bits per heavy atom. The minimum Gasteiger partial charge on any atom is -0.337 e. The van der Waals surface area contributed by atoms with Gasteiger partial charge >= 0.3 is 0 Å². The second-order valence-electron chi connectivity index (χ2n) is 3.92. The van der Waals surface area contributed by atoms with Crippen molar-refractivity contribution in [3.05, 3.63) is 33.8 Å². The van der Waals surface area contributed by atoms with Crippen molar-refractivity contribution < 1.29 is 4.79 Å². The van der Waals surface area contributed by atoms with E-state index >= 15 is 0 Å². The van der Waals surface area contributed by atoms with E-state index in [0.29, 0.717) is 28.7 Å². The van der Waals surface area contributed by atoms with Crippen LogP contribution in [0.1, 0.15) is 16.8 Å². The van der Waals surface area contributed by atoms with E-state index in [1.807, 2.05) is 0 Å². The molecule has 1 fully saturated rings. The van der Waals surface area contributed by atoms with Crippen molar-refractivity contribution in [2.75, 3.05) is 13.1 Å². The first kappa shape index (κ1) is 11.7. The Kier molecular flexibility index (Phi) is 3.38. The summed E-state index contributed by atoms with van der Waals surface area (Å²) < 4.78 is 0. The molecular formula is C11H12Cl2N2O. The van der Waals surface area contributed by atoms with Crippen LogP contribution in [0, 0.1) is 0 Å². The van der Waals surface area contributed by atoms with Gasteiger partial charge in [0.2, 0.25) is 0 Å². The van der Waals surface area contributed by atoms with Crippen LogP contribution in [-0.2, 0) is 0 Å². The van der Waals surface area contributed by atoms with Crippen LogP contribution in [0.4, 0.5) is 0 Å². The number of carbonyl (C=O) groups is 1. The van der Waals surface area contributed by atoms with Crippen LogP contribution in [0.5, 0.6) is 0 Å². The molecule has 5 heteroatoms. The van der Waals surface area contributed by atoms with E-state index in [0.717, 1.165) is 6.42 Å². The summed E-state index contributed by atoms with van der Waals surface area (Å²) in [5.41, 5.74) is 6.24. The van der Waals surface area contributed by atoms with Crippen LogP contribution in [-0.4, -0.2) is 29.9 Å². The molecule has 16 heavy (non-hydrogen) atoms. The minimum absolute atomic E-state index is 0.0744. The molecule has 0 aliphatic carbocycles. The number of halogens is 2. The summed E-state index contributed by atoms with van der Waals surface area (Å²) in [5.74, 6) is -0.0744. The lowest BCUT2D eigenvalue weighted by Gasteiger charge is -2.16. The predicted octanol–water partition coefficient (Wildman–Crippen LogP) is 2.17. The lowest BCUT2D eigenvalue weighted by Crippen LogP contribution is -2.32. The lowest BCUT2D eigenvalue weighted by molar-refractivity contribution is 0.0791. The highest BCUT2D eigenvalue weighted by molar-refractivity contribution is 6.36. The van der Waals surface area contributed by atoms with Crippen LogP contribution < -0.4 is 5.73 Å². The second-order valence-corrected chi connectivity index (χ2v) is 4.77. The van der Waals surface area contributed by atoms with E-state index in [4.69, 9.17) is 28.9 Å². The number of amides is 1. The molecule has 1 aromatic rings. The van der Waals surface area contributed by atoms with Crippen LogP contribution in [0.25, 0.3) is 0 Å². The van der Waals surface area contributed by atoms with Crippen LogP contribution in [0.15, 0.2) is 18.2 Å². The summed E-state index contributed by atoms with van der Waals surface area (Å²) in [4.78, 5) is 13.8. The number of rotatable bonds is 1. The Bertz CT molecular complexity index is 422. The zero-order chi connectivity index (χ0) is 11.7. The predicted molar refractivity (Wildman–Crippen MR) is 65.0 cm³/mol. The minimum atomic E-state index is -0.0744. The first-order chi connectivity index (χ1) is 7.58. The molecule has 0 radical (unpaired) electrons. The molecule has 86 valence electrons. The van der Waals surface area contributed by atoms with Crippen LogP contribution in [0.2, 0.25) is 10.0 Å². The number of nitrogens with zero attached hydrogens (tertiary/aromatic N) is 1. The van der Waals surface area contributed by atoms with E-state index in [1.165, 1.54) is 0 Å². The number of benzene rings is 1. The van der Waals surface area contributed by atoms with Crippen molar-refractivity contribution >= 4 is 29.1 Å². The highest BCUT2D eigenvalue weighted by Crippen LogP contribution is 2.23. The van der Waals surface area contributed by atoms with E-state index in [-0.39, 0.29) is 11.9 Å². The van der Waals surface area contributed by atoms with Gasteiger partial charge in [-0.1, -0.05) is 23.2 Å². The van der Waals surface area contributed by atoms with Gasteiger partial charge in [-0.3, -0.25) is 4.79 Å². The number of carbonyl (C=O) groups excluding carboxylic acids is 1. The molecule has 1 heterocycles. The first-order valence-electron chi connectivity index (χ1n) is 5.08. The molecule has 3 nitrogen and oxygen atoms in total. The molecule has 1 saturated heterocycles. The maximum absolute atomic E-state index is 12.1. The highest BCUT2D eigenvalue weighted by atomic mass is 35.5. The van der Waals surface area contributed by atoms with E-state index in [2.05, 4.69) is 0 Å². The average molecular weight is 259 g/mol. The number of nitrogens with two attached hydrogens (primary N) is 1. The fourth-order valence-corrected chi connectivity index (χ4v) is 2.29. The molecule has 1 atom stereocenters. The van der Waals surface area contributed by atoms with Gasteiger partial charge in [0.25, 0.3) is 5.91 Å². The largest absolute Gasteiger partial charge is 0.337 e. The molecule has 0 bridgehead atoms. The third kappa shape index (κ3) is 2.32. The molecule has 1 unspecified atom stereocenters. The third-order valence-corrected chi connectivity index (χ3v) is 3.22. The maximum atomic E-state index is 12.1. The summed E-state index contributed by atoms with van der Waals surface area (Å²) in [5, 5.41) is 0.914. The number of hydrogen-bond donors (Lipinski definition) is 1. The Morgan fingerprint density at radius 1 is 1.44 bits per heavy atom. The van der Waals surface area contributed by atoms with Gasteiger partial charge in [-0.05, 0) is 24.6 Å². The Balaban J connectivity index is 2.21. The fraction of sp³-hybridized carbons (Fsp3) is 0.364. The number of hydrogen-bond acceptors (Lipinski definition) is 2. The molecule has 0 aromatic heterocycles. The van der Waals surface area contributed by atoms with Gasteiger partial charge in [-0.2, -0.15) is 0 Å². The molecule has 0 saturated carbocycles. The van der Waals surface area contributed by atoms with Gasteiger partial charge in [-0.15, -0.1) is 0 Å². The van der Waals surface area contributed by atoms with Crippen LogP contribution in [0.3, 0.4) is 0 Å². The molecule has 1 aliphatic rings. The molecule has 1 aliphatic heterocycles. The molecule has 2 rings (SSSR count). The van der Waals surface area contributed by atoms with E-state index in [1.54, 1.807) is 23.1 Å². The van der Waals surface area contributed by atoms with Crippen molar-refractivity contribution in [1.82, 2.24) is 4.90 Å². The summed E-state index contributed by atoms with van der Waals surface area (Å²) in [6.45, 7) is 1.29. The molecule has 1 amide bonds. The third-order valence-electron chi connectivity index (χ3n) is 2.67. The highest BCUT2D eigenvalue weighted by Gasteiger charge is 2.25. The molecule has 1 aromatic carbocycles. The van der Waals surface area contributed by atoms with Crippen molar-refractivity contribution in [2.45, 2.75) is 12.5 Å². The summed E-state index contributed by atoms with van der Waals surface area (Å²) >= 11 is 11.8. The van der Waals surface area contributed by atoms with Crippen LogP contribution >= 0.6 is 23.2 Å². The molecule has 0 spiro atoms. The second kappa shape index (κ2) is 4.62. The quantitative estimate of drug-likeness (QED) is 0.840. The van der Waals surface area contributed by atoms with Gasteiger partial charge in [0.1, 0.15) is 0 Å². The van der Waals surface area contributed by atoms with Gasteiger partial charge in [-0.25, -0.2) is 0 Å². The standard InChI is InChI=1S/C11H12Cl2N2O/c12-7-1-2-9(10(13)5-7)11(16)15-4-3-8(14)6-15/h1-2,5,8H,3-4,6,14H2.